The lowest BCUT2D eigenvalue weighted by Crippen LogP contribution is -2.12. The minimum Gasteiger partial charge on any atom is -0.462 e. The van der Waals surface area contributed by atoms with E-state index in [0.717, 1.165) is 18.2 Å². The smallest absolute Gasteiger partial charge is 0.416 e. The maximum Gasteiger partial charge on any atom is 0.416 e. The van der Waals surface area contributed by atoms with Gasteiger partial charge in [-0.2, -0.15) is 13.2 Å². The van der Waals surface area contributed by atoms with Crippen LogP contribution in [0.4, 0.5) is 13.2 Å². The van der Waals surface area contributed by atoms with Gasteiger partial charge in [0.2, 0.25) is 0 Å². The molecule has 0 unspecified atom stereocenters. The van der Waals surface area contributed by atoms with Crippen LogP contribution >= 0.6 is 0 Å². The molecule has 0 aliphatic rings. The van der Waals surface area contributed by atoms with Crippen molar-refractivity contribution in [1.29, 1.82) is 0 Å². The van der Waals surface area contributed by atoms with Crippen LogP contribution in [0.5, 0.6) is 0 Å². The zero-order valence-corrected chi connectivity index (χ0v) is 12.1. The van der Waals surface area contributed by atoms with Gasteiger partial charge < -0.3 is 9.47 Å². The molecule has 1 aromatic carbocycles. The van der Waals surface area contributed by atoms with Crippen LogP contribution in [0.1, 0.15) is 17.5 Å². The van der Waals surface area contributed by atoms with E-state index in [1.165, 1.54) is 24.3 Å². The van der Waals surface area contributed by atoms with Gasteiger partial charge in [0, 0.05) is 6.08 Å². The highest BCUT2D eigenvalue weighted by molar-refractivity contribution is 5.81. The van der Waals surface area contributed by atoms with Crippen molar-refractivity contribution in [2.75, 3.05) is 13.2 Å². The molecule has 4 nitrogen and oxygen atoms in total. The Balaban J connectivity index is 2.33. The fraction of sp³-hybridized carbons (Fsp3) is 0.250. The van der Waals surface area contributed by atoms with Crippen molar-refractivity contribution in [2.24, 2.45) is 0 Å². The highest BCUT2D eigenvalue weighted by atomic mass is 19.4. The van der Waals surface area contributed by atoms with Crippen molar-refractivity contribution >= 4 is 18.0 Å². The summed E-state index contributed by atoms with van der Waals surface area (Å²) in [7, 11) is 0. The molecule has 23 heavy (non-hydrogen) atoms. The normalized spacial score (nSPS) is 11.3. The molecule has 124 valence electrons. The second-order valence-electron chi connectivity index (χ2n) is 4.32. The predicted molar refractivity (Wildman–Crippen MR) is 77.2 cm³/mol. The molecule has 0 aliphatic heterocycles. The summed E-state index contributed by atoms with van der Waals surface area (Å²) < 4.78 is 46.5. The van der Waals surface area contributed by atoms with Crippen molar-refractivity contribution in [3.63, 3.8) is 0 Å². The van der Waals surface area contributed by atoms with Gasteiger partial charge in [0.15, 0.2) is 0 Å². The quantitative estimate of drug-likeness (QED) is 0.437. The fourth-order valence-electron chi connectivity index (χ4n) is 1.49. The maximum absolute atomic E-state index is 12.4. The molecule has 0 atom stereocenters. The van der Waals surface area contributed by atoms with Crippen molar-refractivity contribution in [3.8, 4) is 0 Å². The molecular weight excluding hydrogens is 313 g/mol. The van der Waals surface area contributed by atoms with Crippen LogP contribution in [0.2, 0.25) is 0 Å². The third kappa shape index (κ3) is 7.30. The van der Waals surface area contributed by atoms with Gasteiger partial charge in [0.05, 0.1) is 12.0 Å². The fourth-order valence-corrected chi connectivity index (χ4v) is 1.49. The molecule has 0 aromatic heterocycles. The monoisotopic (exact) mass is 328 g/mol. The van der Waals surface area contributed by atoms with E-state index in [2.05, 4.69) is 11.3 Å². The minimum absolute atomic E-state index is 0.0452. The second kappa shape index (κ2) is 8.77. The van der Waals surface area contributed by atoms with Crippen LogP contribution in [-0.4, -0.2) is 25.2 Å². The number of hydrogen-bond donors (Lipinski definition) is 0. The molecule has 7 heteroatoms. The highest BCUT2D eigenvalue weighted by Crippen LogP contribution is 2.29. The average molecular weight is 328 g/mol. The largest absolute Gasteiger partial charge is 0.462 e. The van der Waals surface area contributed by atoms with Gasteiger partial charge in [-0.15, -0.1) is 0 Å². The molecular formula is C16H15F3O4. The number of carbonyl (C=O) groups excluding carboxylic acids is 2. The summed E-state index contributed by atoms with van der Waals surface area (Å²) in [6.45, 7) is 3.06. The number of rotatable bonds is 7. The molecule has 0 spiro atoms. The first-order chi connectivity index (χ1) is 10.8. The summed E-state index contributed by atoms with van der Waals surface area (Å²) in [5, 5.41) is 0. The lowest BCUT2D eigenvalue weighted by Gasteiger charge is -2.06. The molecule has 0 N–H and O–H groups in total. The number of hydrogen-bond acceptors (Lipinski definition) is 4. The van der Waals surface area contributed by atoms with Crippen LogP contribution in [0, 0.1) is 0 Å². The Kier molecular flexibility index (Phi) is 7.05. The summed E-state index contributed by atoms with van der Waals surface area (Å²) in [6, 6.07) is 4.54. The number of esters is 2. The Hall–Kier alpha value is -2.57. The number of ether oxygens (including phenoxy) is 2. The molecule has 0 saturated carbocycles. The van der Waals surface area contributed by atoms with Gasteiger partial charge >= 0.3 is 18.1 Å². The Bertz CT molecular complexity index is 574. The van der Waals surface area contributed by atoms with Crippen LogP contribution in [0.25, 0.3) is 6.08 Å². The Morgan fingerprint density at radius 2 is 1.70 bits per heavy atom. The van der Waals surface area contributed by atoms with Crippen LogP contribution < -0.4 is 0 Å². The molecule has 0 saturated heterocycles. The lowest BCUT2D eigenvalue weighted by molar-refractivity contribution is -0.148. The van der Waals surface area contributed by atoms with E-state index in [0.29, 0.717) is 5.56 Å². The standard InChI is InChI=1S/C16H15F3O4/c1-2-14(20)22-10-11-23-15(21)5-3-4-12-6-8-13(9-7-12)16(17,18)19/h2-4,6-9H,1,5,10-11H2. The van der Waals surface area contributed by atoms with E-state index < -0.39 is 23.7 Å². The van der Waals surface area contributed by atoms with Crippen LogP contribution in [0.3, 0.4) is 0 Å². The first-order valence-corrected chi connectivity index (χ1v) is 6.61. The number of benzene rings is 1. The lowest BCUT2D eigenvalue weighted by atomic mass is 10.1. The van der Waals surface area contributed by atoms with Gasteiger partial charge in [0.25, 0.3) is 0 Å². The maximum atomic E-state index is 12.4. The van der Waals surface area contributed by atoms with E-state index in [1.54, 1.807) is 0 Å². The predicted octanol–water partition coefficient (Wildman–Crippen LogP) is 3.38. The number of halogens is 3. The topological polar surface area (TPSA) is 52.6 Å². The average Bonchev–Trinajstić information content (AvgIpc) is 2.51. The molecule has 1 rings (SSSR count). The van der Waals surface area contributed by atoms with Gasteiger partial charge in [-0.05, 0) is 17.7 Å². The van der Waals surface area contributed by atoms with Crippen LogP contribution in [0.15, 0.2) is 43.0 Å². The summed E-state index contributed by atoms with van der Waals surface area (Å²) in [4.78, 5) is 22.1. The molecule has 0 amide bonds. The summed E-state index contributed by atoms with van der Waals surface area (Å²) >= 11 is 0. The van der Waals surface area contributed by atoms with Crippen molar-refractivity contribution in [3.05, 3.63) is 54.1 Å². The molecule has 0 aliphatic carbocycles. The third-order valence-corrected chi connectivity index (χ3v) is 2.59. The Labute approximate surface area is 131 Å². The summed E-state index contributed by atoms with van der Waals surface area (Å²) in [5.41, 5.74) is -0.200. The van der Waals surface area contributed by atoms with Crippen molar-refractivity contribution < 1.29 is 32.2 Å². The summed E-state index contributed by atoms with van der Waals surface area (Å²) in [6.07, 6.45) is -0.439. The van der Waals surface area contributed by atoms with Crippen molar-refractivity contribution in [1.82, 2.24) is 0 Å². The first-order valence-electron chi connectivity index (χ1n) is 6.61. The highest BCUT2D eigenvalue weighted by Gasteiger charge is 2.29. The van der Waals surface area contributed by atoms with E-state index >= 15 is 0 Å². The number of alkyl halides is 3. The van der Waals surface area contributed by atoms with Gasteiger partial charge in [-0.25, -0.2) is 4.79 Å². The van der Waals surface area contributed by atoms with E-state index in [9.17, 15) is 22.8 Å². The zero-order valence-electron chi connectivity index (χ0n) is 12.1. The van der Waals surface area contributed by atoms with Crippen molar-refractivity contribution in [2.45, 2.75) is 12.6 Å². The molecule has 1 aromatic rings. The molecule has 0 heterocycles. The van der Waals surface area contributed by atoms with Crippen LogP contribution in [-0.2, 0) is 25.2 Å². The molecule has 0 fully saturated rings. The first kappa shape index (κ1) is 18.5. The molecule has 0 radical (unpaired) electrons. The van der Waals surface area contributed by atoms with E-state index in [4.69, 9.17) is 4.74 Å². The van der Waals surface area contributed by atoms with Gasteiger partial charge in [-0.1, -0.05) is 30.9 Å². The van der Waals surface area contributed by atoms with Gasteiger partial charge in [0.1, 0.15) is 13.2 Å². The third-order valence-electron chi connectivity index (χ3n) is 2.59. The number of carbonyl (C=O) groups is 2. The van der Waals surface area contributed by atoms with E-state index in [1.807, 2.05) is 0 Å². The Morgan fingerprint density at radius 1 is 1.09 bits per heavy atom. The Morgan fingerprint density at radius 3 is 2.26 bits per heavy atom. The minimum atomic E-state index is -4.37. The second-order valence-corrected chi connectivity index (χ2v) is 4.32. The zero-order chi connectivity index (χ0) is 17.3. The summed E-state index contributed by atoms with van der Waals surface area (Å²) in [5.74, 6) is -1.15. The molecule has 0 bridgehead atoms. The van der Waals surface area contributed by atoms with Gasteiger partial charge in [-0.3, -0.25) is 4.79 Å². The van der Waals surface area contributed by atoms with E-state index in [-0.39, 0.29) is 19.6 Å². The SMILES string of the molecule is C=CC(=O)OCCOC(=O)CC=Cc1ccc(C(F)(F)F)cc1.